The lowest BCUT2D eigenvalue weighted by Gasteiger charge is -2.05. The first-order valence-corrected chi connectivity index (χ1v) is 6.26. The minimum absolute atomic E-state index is 0.0819. The van der Waals surface area contributed by atoms with Crippen molar-refractivity contribution < 1.29 is 15.0 Å². The predicted molar refractivity (Wildman–Crippen MR) is 65.4 cm³/mol. The van der Waals surface area contributed by atoms with Gasteiger partial charge in [0, 0.05) is 19.1 Å². The lowest BCUT2D eigenvalue weighted by atomic mass is 10.1. The Morgan fingerprint density at radius 2 is 1.94 bits per heavy atom. The molecule has 0 bridgehead atoms. The van der Waals surface area contributed by atoms with E-state index in [0.717, 1.165) is 10.8 Å². The molecule has 0 unspecified atom stereocenters. The summed E-state index contributed by atoms with van der Waals surface area (Å²) in [7, 11) is 0.833. The highest BCUT2D eigenvalue weighted by atomic mass is 33.1. The number of benzene rings is 1. The molecular formula is C8H8N2O5S2. The number of hydrogen-bond acceptors (Lipinski definition) is 7. The van der Waals surface area contributed by atoms with Crippen LogP contribution in [0.4, 0.5) is 11.4 Å². The van der Waals surface area contributed by atoms with Crippen molar-refractivity contribution in [2.45, 2.75) is 11.3 Å². The molecule has 1 aromatic carbocycles. The zero-order valence-corrected chi connectivity index (χ0v) is 10.1. The van der Waals surface area contributed by atoms with Gasteiger partial charge in [0.05, 0.1) is 14.7 Å². The molecule has 0 aliphatic carbocycles. The van der Waals surface area contributed by atoms with Crippen molar-refractivity contribution in [1.29, 1.82) is 0 Å². The van der Waals surface area contributed by atoms with Crippen LogP contribution in [0.25, 0.3) is 0 Å². The van der Waals surface area contributed by atoms with Gasteiger partial charge in [0.2, 0.25) is 0 Å². The highest BCUT2D eigenvalue weighted by Crippen LogP contribution is 2.38. The molecule has 0 saturated heterocycles. The molecule has 92 valence electrons. The smallest absolute Gasteiger partial charge is 0.293 e. The second kappa shape index (κ2) is 5.84. The Balaban J connectivity index is 3.52. The Kier molecular flexibility index (Phi) is 4.73. The lowest BCUT2D eigenvalue weighted by molar-refractivity contribution is -0.397. The number of thiol groups is 1. The standard InChI is InChI=1S/C8H8N2O5S2/c11-4-3-5-6(9(12)13)1-2-7(17-16)8(5)10(14)15/h1-2,11,16H,3-4H2. The van der Waals surface area contributed by atoms with Crippen LogP contribution >= 0.6 is 22.5 Å². The van der Waals surface area contributed by atoms with Crippen molar-refractivity contribution in [1.82, 2.24) is 0 Å². The maximum absolute atomic E-state index is 10.9. The molecule has 0 heterocycles. The minimum atomic E-state index is -0.703. The molecule has 0 radical (unpaired) electrons. The van der Waals surface area contributed by atoms with Gasteiger partial charge in [0.25, 0.3) is 11.4 Å². The van der Waals surface area contributed by atoms with Gasteiger partial charge in [-0.1, -0.05) is 10.8 Å². The van der Waals surface area contributed by atoms with Gasteiger partial charge in [-0.05, 0) is 6.07 Å². The summed E-state index contributed by atoms with van der Waals surface area (Å²) in [6, 6.07) is 2.45. The molecule has 1 aromatic rings. The molecule has 0 saturated carbocycles. The second-order valence-corrected chi connectivity index (χ2v) is 4.16. The summed E-state index contributed by atoms with van der Waals surface area (Å²) in [5.74, 6) is 0. The Labute approximate surface area is 105 Å². The zero-order valence-electron chi connectivity index (χ0n) is 8.40. The first kappa shape index (κ1) is 13.7. The number of aliphatic hydroxyl groups is 1. The van der Waals surface area contributed by atoms with E-state index < -0.39 is 16.5 Å². The van der Waals surface area contributed by atoms with Gasteiger partial charge in [-0.2, -0.15) is 0 Å². The van der Waals surface area contributed by atoms with Crippen molar-refractivity contribution in [2.75, 3.05) is 6.61 Å². The van der Waals surface area contributed by atoms with Crippen molar-refractivity contribution >= 4 is 33.8 Å². The van der Waals surface area contributed by atoms with Gasteiger partial charge in [-0.15, -0.1) is 11.7 Å². The van der Waals surface area contributed by atoms with Crippen LogP contribution in [0.2, 0.25) is 0 Å². The van der Waals surface area contributed by atoms with Crippen molar-refractivity contribution in [3.8, 4) is 0 Å². The highest BCUT2D eigenvalue weighted by molar-refractivity contribution is 8.68. The molecule has 7 nitrogen and oxygen atoms in total. The molecule has 0 fully saturated rings. The molecular weight excluding hydrogens is 268 g/mol. The number of rotatable bonds is 5. The molecule has 0 spiro atoms. The van der Waals surface area contributed by atoms with Gasteiger partial charge in [0.1, 0.15) is 5.56 Å². The van der Waals surface area contributed by atoms with E-state index in [1.807, 2.05) is 0 Å². The van der Waals surface area contributed by atoms with Crippen LogP contribution in [0, 0.1) is 20.2 Å². The Hall–Kier alpha value is -1.32. The molecule has 0 aliphatic rings. The minimum Gasteiger partial charge on any atom is -0.396 e. The Bertz CT molecular complexity index is 465. The van der Waals surface area contributed by atoms with E-state index in [9.17, 15) is 20.2 Å². The maximum Gasteiger partial charge on any atom is 0.293 e. The molecule has 0 aromatic heterocycles. The molecule has 1 N–H and O–H groups in total. The number of nitro benzene ring substituents is 2. The van der Waals surface area contributed by atoms with Gasteiger partial charge in [-0.25, -0.2) is 0 Å². The first-order valence-electron chi connectivity index (χ1n) is 4.39. The van der Waals surface area contributed by atoms with Gasteiger partial charge >= 0.3 is 0 Å². The average Bonchev–Trinajstić information content (AvgIpc) is 2.27. The third kappa shape index (κ3) is 2.87. The second-order valence-electron chi connectivity index (χ2n) is 2.99. The number of nitrogens with zero attached hydrogens (tertiary/aromatic N) is 2. The van der Waals surface area contributed by atoms with Crippen LogP contribution < -0.4 is 0 Å². The quantitative estimate of drug-likeness (QED) is 0.368. The van der Waals surface area contributed by atoms with Crippen LogP contribution in [0.5, 0.6) is 0 Å². The van der Waals surface area contributed by atoms with Crippen molar-refractivity contribution in [3.63, 3.8) is 0 Å². The van der Waals surface area contributed by atoms with Crippen LogP contribution in [-0.4, -0.2) is 21.6 Å². The summed E-state index contributed by atoms with van der Waals surface area (Å²) in [4.78, 5) is 20.5. The van der Waals surface area contributed by atoms with Crippen molar-refractivity contribution in [2.24, 2.45) is 0 Å². The van der Waals surface area contributed by atoms with Gasteiger partial charge in [-0.3, -0.25) is 20.2 Å². The van der Waals surface area contributed by atoms with E-state index in [-0.39, 0.29) is 28.3 Å². The molecule has 1 rings (SSSR count). The van der Waals surface area contributed by atoms with Crippen LogP contribution in [0.15, 0.2) is 17.0 Å². The molecule has 0 aliphatic heterocycles. The number of nitro groups is 2. The van der Waals surface area contributed by atoms with E-state index in [2.05, 4.69) is 11.7 Å². The number of hydrogen-bond donors (Lipinski definition) is 2. The SMILES string of the molecule is O=[N+]([O-])c1ccc(SS)c([N+](=O)[O-])c1CCO. The summed E-state index contributed by atoms with van der Waals surface area (Å²) >= 11 is 3.86. The maximum atomic E-state index is 10.9. The van der Waals surface area contributed by atoms with Crippen LogP contribution in [0.1, 0.15) is 5.56 Å². The summed E-state index contributed by atoms with van der Waals surface area (Å²) in [5, 5.41) is 30.5. The highest BCUT2D eigenvalue weighted by Gasteiger charge is 2.28. The summed E-state index contributed by atoms with van der Waals surface area (Å²) in [6.07, 6.45) is -0.144. The van der Waals surface area contributed by atoms with E-state index in [1.165, 1.54) is 12.1 Å². The fourth-order valence-electron chi connectivity index (χ4n) is 1.41. The predicted octanol–water partition coefficient (Wildman–Crippen LogP) is 1.97. The van der Waals surface area contributed by atoms with Crippen LogP contribution in [0.3, 0.4) is 0 Å². The molecule has 0 atom stereocenters. The number of aliphatic hydroxyl groups excluding tert-OH is 1. The zero-order chi connectivity index (χ0) is 13.0. The Morgan fingerprint density at radius 1 is 1.29 bits per heavy atom. The fraction of sp³-hybridized carbons (Fsp3) is 0.250. The van der Waals surface area contributed by atoms with Crippen LogP contribution in [-0.2, 0) is 6.42 Å². The van der Waals surface area contributed by atoms with Gasteiger partial charge in [0.15, 0.2) is 0 Å². The monoisotopic (exact) mass is 276 g/mol. The van der Waals surface area contributed by atoms with E-state index >= 15 is 0 Å². The van der Waals surface area contributed by atoms with E-state index in [1.54, 1.807) is 0 Å². The lowest BCUT2D eigenvalue weighted by Crippen LogP contribution is -2.04. The average molecular weight is 276 g/mol. The molecule has 0 amide bonds. The normalized spacial score (nSPS) is 10.2. The summed E-state index contributed by atoms with van der Waals surface area (Å²) < 4.78 is 0. The first-order chi connectivity index (χ1) is 8.02. The summed E-state index contributed by atoms with van der Waals surface area (Å²) in [6.45, 7) is -0.400. The topological polar surface area (TPSA) is 107 Å². The van der Waals surface area contributed by atoms with Gasteiger partial charge < -0.3 is 5.11 Å². The fourth-order valence-corrected chi connectivity index (χ4v) is 2.26. The third-order valence-electron chi connectivity index (χ3n) is 2.06. The van der Waals surface area contributed by atoms with E-state index in [4.69, 9.17) is 5.11 Å². The third-order valence-corrected chi connectivity index (χ3v) is 3.18. The van der Waals surface area contributed by atoms with Crippen molar-refractivity contribution in [3.05, 3.63) is 37.9 Å². The van der Waals surface area contributed by atoms with E-state index in [0.29, 0.717) is 0 Å². The Morgan fingerprint density at radius 3 is 2.35 bits per heavy atom. The summed E-state index contributed by atoms with van der Waals surface area (Å²) in [5.41, 5.74) is -0.813. The largest absolute Gasteiger partial charge is 0.396 e. The molecule has 9 heteroatoms. The molecule has 17 heavy (non-hydrogen) atoms.